The SMILES string of the molecule is CCOc1cc(/C=C2\C(=O)N(c3ccc(S(N)(=O)=O)cc3)N=C2C)ccc1OCc1ccc(C(=O)OC)cc1. The van der Waals surface area contributed by atoms with Crippen molar-refractivity contribution < 1.29 is 32.2 Å². The zero-order chi connectivity index (χ0) is 28.2. The van der Waals surface area contributed by atoms with E-state index in [1.165, 1.54) is 36.4 Å². The standard InChI is InChI=1S/C28H27N3O7S/c1-4-37-26-16-20(7-14-25(26)38-17-19-5-8-21(9-6-19)28(33)36-3)15-24-18(2)30-31(27(24)32)22-10-12-23(13-11-22)39(29,34)35/h5-16H,4,17H2,1-3H3,(H2,29,34,35)/b24-15-. The second-order valence-corrected chi connectivity index (χ2v) is 10.1. The van der Waals surface area contributed by atoms with Crippen molar-refractivity contribution in [3.05, 3.63) is 89.0 Å². The summed E-state index contributed by atoms with van der Waals surface area (Å²) in [5.74, 6) is 0.267. The molecule has 0 saturated heterocycles. The van der Waals surface area contributed by atoms with Crippen LogP contribution in [0.4, 0.5) is 5.69 Å². The molecule has 0 unspecified atom stereocenters. The van der Waals surface area contributed by atoms with Crippen LogP contribution in [0.15, 0.2) is 82.3 Å². The molecule has 39 heavy (non-hydrogen) atoms. The summed E-state index contributed by atoms with van der Waals surface area (Å²) < 4.78 is 39.5. The van der Waals surface area contributed by atoms with E-state index in [2.05, 4.69) is 5.10 Å². The summed E-state index contributed by atoms with van der Waals surface area (Å²) in [6, 6.07) is 17.8. The number of anilines is 1. The first-order valence-electron chi connectivity index (χ1n) is 11.9. The van der Waals surface area contributed by atoms with Crippen molar-refractivity contribution in [1.82, 2.24) is 0 Å². The number of rotatable bonds is 9. The Bertz CT molecular complexity index is 1560. The van der Waals surface area contributed by atoms with Gasteiger partial charge in [-0.15, -0.1) is 0 Å². The topological polar surface area (TPSA) is 138 Å². The number of sulfonamides is 1. The lowest BCUT2D eigenvalue weighted by atomic mass is 10.1. The molecule has 1 aliphatic rings. The molecule has 10 nitrogen and oxygen atoms in total. The van der Waals surface area contributed by atoms with Gasteiger partial charge >= 0.3 is 5.97 Å². The predicted octanol–water partition coefficient (Wildman–Crippen LogP) is 3.90. The highest BCUT2D eigenvalue weighted by Crippen LogP contribution is 2.32. The van der Waals surface area contributed by atoms with Crippen LogP contribution in [0.3, 0.4) is 0 Å². The number of hydrazone groups is 1. The first-order chi connectivity index (χ1) is 18.6. The zero-order valence-electron chi connectivity index (χ0n) is 21.6. The number of nitrogens with zero attached hydrogens (tertiary/aromatic N) is 2. The molecule has 0 bridgehead atoms. The highest BCUT2D eigenvalue weighted by Gasteiger charge is 2.29. The number of amides is 1. The number of ether oxygens (including phenoxy) is 3. The van der Waals surface area contributed by atoms with Crippen LogP contribution in [0, 0.1) is 0 Å². The lowest BCUT2D eigenvalue weighted by molar-refractivity contribution is -0.114. The van der Waals surface area contributed by atoms with E-state index in [-0.39, 0.29) is 17.4 Å². The molecule has 2 N–H and O–H groups in total. The third-order valence-electron chi connectivity index (χ3n) is 5.82. The fraction of sp³-hybridized carbons (Fsp3) is 0.179. The molecule has 1 aliphatic heterocycles. The van der Waals surface area contributed by atoms with Gasteiger partial charge in [0, 0.05) is 0 Å². The van der Waals surface area contributed by atoms with Crippen LogP contribution in [0.25, 0.3) is 6.08 Å². The fourth-order valence-electron chi connectivity index (χ4n) is 3.82. The van der Waals surface area contributed by atoms with Gasteiger partial charge in [0.15, 0.2) is 11.5 Å². The summed E-state index contributed by atoms with van der Waals surface area (Å²) in [4.78, 5) is 24.7. The maximum absolute atomic E-state index is 13.1. The van der Waals surface area contributed by atoms with E-state index in [1.54, 1.807) is 55.5 Å². The number of carbonyl (C=O) groups is 2. The van der Waals surface area contributed by atoms with Crippen molar-refractivity contribution in [2.75, 3.05) is 18.7 Å². The normalized spacial score (nSPS) is 14.4. The third-order valence-corrected chi connectivity index (χ3v) is 6.75. The average Bonchev–Trinajstić information content (AvgIpc) is 3.20. The molecule has 0 saturated carbocycles. The fourth-order valence-corrected chi connectivity index (χ4v) is 4.34. The predicted molar refractivity (Wildman–Crippen MR) is 146 cm³/mol. The summed E-state index contributed by atoms with van der Waals surface area (Å²) in [6.45, 7) is 4.24. The van der Waals surface area contributed by atoms with E-state index in [1.807, 2.05) is 6.92 Å². The van der Waals surface area contributed by atoms with Crippen molar-refractivity contribution in [2.45, 2.75) is 25.3 Å². The molecule has 3 aromatic rings. The minimum absolute atomic E-state index is 0.0571. The van der Waals surface area contributed by atoms with Crippen LogP contribution in [-0.2, 0) is 26.2 Å². The lowest BCUT2D eigenvalue weighted by Crippen LogP contribution is -2.21. The maximum atomic E-state index is 13.1. The Morgan fingerprint density at radius 2 is 1.69 bits per heavy atom. The summed E-state index contributed by atoms with van der Waals surface area (Å²) >= 11 is 0. The number of esters is 1. The van der Waals surface area contributed by atoms with Gasteiger partial charge < -0.3 is 14.2 Å². The molecule has 0 fully saturated rings. The molecule has 0 radical (unpaired) electrons. The Hall–Kier alpha value is -4.48. The van der Waals surface area contributed by atoms with Gasteiger partial charge in [-0.3, -0.25) is 4.79 Å². The number of hydrogen-bond acceptors (Lipinski definition) is 8. The van der Waals surface area contributed by atoms with Crippen LogP contribution >= 0.6 is 0 Å². The Morgan fingerprint density at radius 3 is 2.31 bits per heavy atom. The van der Waals surface area contributed by atoms with E-state index >= 15 is 0 Å². The molecule has 0 aliphatic carbocycles. The molecule has 0 atom stereocenters. The van der Waals surface area contributed by atoms with Crippen molar-refractivity contribution in [3.63, 3.8) is 0 Å². The van der Waals surface area contributed by atoms with Crippen LogP contribution in [0.5, 0.6) is 11.5 Å². The highest BCUT2D eigenvalue weighted by atomic mass is 32.2. The van der Waals surface area contributed by atoms with E-state index in [0.717, 1.165) is 5.56 Å². The van der Waals surface area contributed by atoms with Crippen LogP contribution in [0.2, 0.25) is 0 Å². The summed E-state index contributed by atoms with van der Waals surface area (Å²) in [5.41, 5.74) is 3.31. The van der Waals surface area contributed by atoms with Gasteiger partial charge in [-0.2, -0.15) is 10.1 Å². The number of hydrogen-bond donors (Lipinski definition) is 1. The quantitative estimate of drug-likeness (QED) is 0.316. The van der Waals surface area contributed by atoms with Crippen molar-refractivity contribution in [3.8, 4) is 11.5 Å². The second kappa shape index (κ2) is 11.5. The first kappa shape index (κ1) is 27.6. The third kappa shape index (κ3) is 6.33. The molecular weight excluding hydrogens is 522 g/mol. The Labute approximate surface area is 226 Å². The van der Waals surface area contributed by atoms with E-state index in [4.69, 9.17) is 19.3 Å². The Kier molecular flexibility index (Phi) is 8.12. The highest BCUT2D eigenvalue weighted by molar-refractivity contribution is 7.89. The van der Waals surface area contributed by atoms with Crippen LogP contribution in [0.1, 0.15) is 35.3 Å². The van der Waals surface area contributed by atoms with E-state index in [9.17, 15) is 18.0 Å². The van der Waals surface area contributed by atoms with Gasteiger partial charge in [0.2, 0.25) is 10.0 Å². The average molecular weight is 550 g/mol. The van der Waals surface area contributed by atoms with Gasteiger partial charge in [-0.25, -0.2) is 18.4 Å². The molecule has 202 valence electrons. The molecule has 0 aromatic heterocycles. The number of carbonyl (C=O) groups excluding carboxylic acids is 2. The van der Waals surface area contributed by atoms with Crippen LogP contribution < -0.4 is 19.6 Å². The summed E-state index contributed by atoms with van der Waals surface area (Å²) in [5, 5.41) is 10.7. The first-order valence-corrected chi connectivity index (χ1v) is 13.5. The smallest absolute Gasteiger partial charge is 0.337 e. The van der Waals surface area contributed by atoms with Gasteiger partial charge in [0.1, 0.15) is 6.61 Å². The molecule has 0 spiro atoms. The molecule has 4 rings (SSSR count). The number of methoxy groups -OCH3 is 1. The Balaban J connectivity index is 1.51. The molecule has 1 heterocycles. The maximum Gasteiger partial charge on any atom is 0.337 e. The summed E-state index contributed by atoms with van der Waals surface area (Å²) in [7, 11) is -2.52. The van der Waals surface area contributed by atoms with Crippen LogP contribution in [-0.4, -0.2) is 39.7 Å². The monoisotopic (exact) mass is 549 g/mol. The van der Waals surface area contributed by atoms with Gasteiger partial charge in [0.05, 0.1) is 41.1 Å². The Morgan fingerprint density at radius 1 is 1.00 bits per heavy atom. The largest absolute Gasteiger partial charge is 0.490 e. The van der Waals surface area contributed by atoms with Gasteiger partial charge in [-0.05, 0) is 79.6 Å². The minimum atomic E-state index is -3.85. The molecule has 11 heteroatoms. The van der Waals surface area contributed by atoms with E-state index < -0.39 is 16.0 Å². The van der Waals surface area contributed by atoms with E-state index in [0.29, 0.717) is 46.2 Å². The number of nitrogens with two attached hydrogens (primary N) is 1. The van der Waals surface area contributed by atoms with Gasteiger partial charge in [0.25, 0.3) is 5.91 Å². The van der Waals surface area contributed by atoms with Gasteiger partial charge in [-0.1, -0.05) is 18.2 Å². The lowest BCUT2D eigenvalue weighted by Gasteiger charge is -2.13. The molecule has 3 aromatic carbocycles. The zero-order valence-corrected chi connectivity index (χ0v) is 22.4. The van der Waals surface area contributed by atoms with Crippen molar-refractivity contribution in [2.24, 2.45) is 10.2 Å². The molecule has 1 amide bonds. The minimum Gasteiger partial charge on any atom is -0.490 e. The van der Waals surface area contributed by atoms with Crippen molar-refractivity contribution in [1.29, 1.82) is 0 Å². The van der Waals surface area contributed by atoms with Crippen molar-refractivity contribution >= 4 is 39.4 Å². The molecular formula is C28H27N3O7S. The second-order valence-electron chi connectivity index (χ2n) is 8.52. The number of primary sulfonamides is 1. The number of benzene rings is 3. The summed E-state index contributed by atoms with van der Waals surface area (Å²) in [6.07, 6.45) is 1.71.